The quantitative estimate of drug-likeness (QED) is 0.680. The lowest BCUT2D eigenvalue weighted by Crippen LogP contribution is -2.58. The minimum atomic E-state index is -0.929. The Labute approximate surface area is 101 Å². The van der Waals surface area contributed by atoms with Crippen LogP contribution in [0.15, 0.2) is 0 Å². The molecule has 1 atom stereocenters. The van der Waals surface area contributed by atoms with E-state index in [1.807, 2.05) is 0 Å². The summed E-state index contributed by atoms with van der Waals surface area (Å²) in [6, 6.07) is -0.450. The number of aliphatic hydroxyl groups excluding tert-OH is 1. The van der Waals surface area contributed by atoms with E-state index in [2.05, 4.69) is 5.32 Å². The van der Waals surface area contributed by atoms with Gasteiger partial charge in [-0.15, -0.1) is 0 Å². The largest absolute Gasteiger partial charge is 0.480 e. The molecular weight excluding hydrogens is 218 g/mol. The number of rotatable bonds is 4. The number of nitrogens with one attached hydrogen (secondary N) is 1. The summed E-state index contributed by atoms with van der Waals surface area (Å²) in [5.41, 5.74) is 0. The first-order valence-corrected chi connectivity index (χ1v) is 6.77. The first-order chi connectivity index (χ1) is 8.17. The van der Waals surface area contributed by atoms with Crippen molar-refractivity contribution in [2.75, 3.05) is 6.61 Å². The highest BCUT2D eigenvalue weighted by molar-refractivity contribution is 5.73. The molecule has 4 bridgehead atoms. The lowest BCUT2D eigenvalue weighted by Gasteiger charge is -2.55. The molecule has 3 N–H and O–H groups in total. The minimum absolute atomic E-state index is 0.307. The molecule has 0 aromatic carbocycles. The van der Waals surface area contributed by atoms with Gasteiger partial charge < -0.3 is 10.2 Å². The first-order valence-electron chi connectivity index (χ1n) is 6.77. The Kier molecular flexibility index (Phi) is 2.87. The maximum absolute atomic E-state index is 11.0. The van der Waals surface area contributed by atoms with Crippen molar-refractivity contribution in [1.29, 1.82) is 0 Å². The van der Waals surface area contributed by atoms with Crippen molar-refractivity contribution in [1.82, 2.24) is 5.32 Å². The van der Waals surface area contributed by atoms with Crippen molar-refractivity contribution in [2.45, 2.75) is 44.2 Å². The number of aliphatic carboxylic acids is 1. The van der Waals surface area contributed by atoms with Crippen LogP contribution in [0.3, 0.4) is 0 Å². The number of hydrogen-bond acceptors (Lipinski definition) is 3. The Hall–Kier alpha value is -0.610. The molecule has 4 heteroatoms. The molecule has 1 unspecified atom stereocenters. The number of aliphatic hydroxyl groups is 1. The van der Waals surface area contributed by atoms with E-state index in [9.17, 15) is 4.79 Å². The van der Waals surface area contributed by atoms with Crippen LogP contribution in [0.25, 0.3) is 0 Å². The molecule has 17 heavy (non-hydrogen) atoms. The van der Waals surface area contributed by atoms with Crippen LogP contribution in [0.2, 0.25) is 0 Å². The molecule has 0 heterocycles. The second-order valence-electron chi connectivity index (χ2n) is 6.20. The van der Waals surface area contributed by atoms with Crippen LogP contribution in [-0.4, -0.2) is 34.9 Å². The highest BCUT2D eigenvalue weighted by atomic mass is 16.4. The van der Waals surface area contributed by atoms with Gasteiger partial charge in [0.1, 0.15) is 6.04 Å². The van der Waals surface area contributed by atoms with Crippen molar-refractivity contribution < 1.29 is 15.0 Å². The Morgan fingerprint density at radius 1 is 1.12 bits per heavy atom. The van der Waals surface area contributed by atoms with Gasteiger partial charge in [-0.1, -0.05) is 0 Å². The molecule has 4 fully saturated rings. The van der Waals surface area contributed by atoms with Gasteiger partial charge in [-0.25, -0.2) is 0 Å². The first kappa shape index (κ1) is 11.5. The maximum Gasteiger partial charge on any atom is 0.323 e. The summed E-state index contributed by atoms with van der Waals surface area (Å²) in [7, 11) is 0. The molecule has 0 spiro atoms. The van der Waals surface area contributed by atoms with Crippen molar-refractivity contribution in [3.63, 3.8) is 0 Å². The highest BCUT2D eigenvalue weighted by Gasteiger charge is 2.48. The fraction of sp³-hybridized carbons (Fsp3) is 0.923. The Balaban J connectivity index is 1.69. The zero-order valence-corrected chi connectivity index (χ0v) is 10.0. The van der Waals surface area contributed by atoms with Crippen molar-refractivity contribution in [2.24, 2.45) is 23.7 Å². The van der Waals surface area contributed by atoms with Gasteiger partial charge in [0, 0.05) is 6.04 Å². The molecule has 0 aromatic rings. The summed E-state index contributed by atoms with van der Waals surface area (Å²) in [4.78, 5) is 11.0. The summed E-state index contributed by atoms with van der Waals surface area (Å²) in [6.45, 7) is -0.307. The fourth-order valence-electron chi connectivity index (χ4n) is 4.63. The van der Waals surface area contributed by atoms with E-state index < -0.39 is 12.0 Å². The molecule has 4 nitrogen and oxygen atoms in total. The van der Waals surface area contributed by atoms with Gasteiger partial charge in [0.2, 0.25) is 0 Å². The zero-order valence-electron chi connectivity index (χ0n) is 10.0. The number of carbonyl (C=O) groups is 1. The van der Waals surface area contributed by atoms with Crippen molar-refractivity contribution in [3.8, 4) is 0 Å². The third kappa shape index (κ3) is 1.97. The van der Waals surface area contributed by atoms with E-state index in [0.717, 1.165) is 11.8 Å². The second kappa shape index (κ2) is 4.25. The van der Waals surface area contributed by atoms with Gasteiger partial charge in [-0.3, -0.25) is 10.1 Å². The van der Waals surface area contributed by atoms with Crippen molar-refractivity contribution in [3.05, 3.63) is 0 Å². The van der Waals surface area contributed by atoms with E-state index in [4.69, 9.17) is 10.2 Å². The monoisotopic (exact) mass is 239 g/mol. The van der Waals surface area contributed by atoms with Gasteiger partial charge in [0.15, 0.2) is 0 Å². The highest BCUT2D eigenvalue weighted by Crippen LogP contribution is 2.53. The predicted molar refractivity (Wildman–Crippen MR) is 62.5 cm³/mol. The third-order valence-corrected chi connectivity index (χ3v) is 5.10. The number of carboxylic acid groups (broad SMARTS) is 1. The molecule has 0 saturated heterocycles. The molecule has 4 saturated carbocycles. The average molecular weight is 239 g/mol. The molecule has 0 aromatic heterocycles. The standard InChI is InChI=1S/C13H21NO3/c15-6-11(13(16)17)14-12-9-2-7-1-8(4-9)5-10(12)3-7/h7-12,14-15H,1-6H2,(H,16,17). The summed E-state index contributed by atoms with van der Waals surface area (Å²) >= 11 is 0. The average Bonchev–Trinajstić information content (AvgIpc) is 2.27. The second-order valence-corrected chi connectivity index (χ2v) is 6.20. The minimum Gasteiger partial charge on any atom is -0.480 e. The van der Waals surface area contributed by atoms with Gasteiger partial charge >= 0.3 is 5.97 Å². The third-order valence-electron chi connectivity index (χ3n) is 5.10. The summed E-state index contributed by atoms with van der Waals surface area (Å²) in [5.74, 6) is 2.17. The smallest absolute Gasteiger partial charge is 0.323 e. The van der Waals surface area contributed by atoms with Crippen LogP contribution in [0.5, 0.6) is 0 Å². The fourth-order valence-corrected chi connectivity index (χ4v) is 4.63. The number of carboxylic acids is 1. The van der Waals surface area contributed by atoms with Gasteiger partial charge in [-0.2, -0.15) is 0 Å². The normalized spacial score (nSPS) is 44.9. The van der Waals surface area contributed by atoms with E-state index in [1.165, 1.54) is 32.1 Å². The molecule has 4 aliphatic carbocycles. The van der Waals surface area contributed by atoms with Crippen LogP contribution in [-0.2, 0) is 4.79 Å². The van der Waals surface area contributed by atoms with Crippen molar-refractivity contribution >= 4 is 5.97 Å². The topological polar surface area (TPSA) is 69.6 Å². The van der Waals surface area contributed by atoms with Crippen LogP contribution >= 0.6 is 0 Å². The summed E-state index contributed by atoms with van der Waals surface area (Å²) in [6.07, 6.45) is 6.47. The Bertz CT molecular complexity index is 290. The Morgan fingerprint density at radius 2 is 1.65 bits per heavy atom. The lowest BCUT2D eigenvalue weighted by atomic mass is 9.54. The van der Waals surface area contributed by atoms with Crippen LogP contribution < -0.4 is 5.32 Å². The van der Waals surface area contributed by atoms with Gasteiger partial charge in [0.05, 0.1) is 6.61 Å². The summed E-state index contributed by atoms with van der Waals surface area (Å²) in [5, 5.41) is 21.3. The zero-order chi connectivity index (χ0) is 12.0. The van der Waals surface area contributed by atoms with Crippen LogP contribution in [0, 0.1) is 23.7 Å². The SMILES string of the molecule is O=C(O)C(CO)NC1C2CC3CC(C2)CC1C3. The van der Waals surface area contributed by atoms with E-state index in [1.54, 1.807) is 0 Å². The Morgan fingerprint density at radius 3 is 2.06 bits per heavy atom. The lowest BCUT2D eigenvalue weighted by molar-refractivity contribution is -0.141. The van der Waals surface area contributed by atoms with Crippen LogP contribution in [0.1, 0.15) is 32.1 Å². The molecule has 4 rings (SSSR count). The molecule has 0 aliphatic heterocycles. The molecule has 96 valence electrons. The molecule has 4 aliphatic rings. The number of hydrogen-bond donors (Lipinski definition) is 3. The molecule has 0 radical (unpaired) electrons. The van der Waals surface area contributed by atoms with E-state index in [-0.39, 0.29) is 6.61 Å². The molecule has 0 amide bonds. The van der Waals surface area contributed by atoms with Gasteiger partial charge in [-0.05, 0) is 55.8 Å². The van der Waals surface area contributed by atoms with E-state index >= 15 is 0 Å². The summed E-state index contributed by atoms with van der Waals surface area (Å²) < 4.78 is 0. The van der Waals surface area contributed by atoms with E-state index in [0.29, 0.717) is 17.9 Å². The molecular formula is C13H21NO3. The van der Waals surface area contributed by atoms with Gasteiger partial charge in [0.25, 0.3) is 0 Å². The maximum atomic E-state index is 11.0. The predicted octanol–water partition coefficient (Wildman–Crippen LogP) is 0.846. The van der Waals surface area contributed by atoms with Crippen LogP contribution in [0.4, 0.5) is 0 Å².